The molecule has 7 nitrogen and oxygen atoms in total. The van der Waals surface area contributed by atoms with Crippen LogP contribution in [0.1, 0.15) is 25.6 Å². The molecule has 164 valence electrons. The van der Waals surface area contributed by atoms with E-state index in [2.05, 4.69) is 38.2 Å². The molecule has 3 heterocycles. The smallest absolute Gasteiger partial charge is 0.191 e. The summed E-state index contributed by atoms with van der Waals surface area (Å²) in [6, 6.07) is 11.5. The highest BCUT2D eigenvalue weighted by molar-refractivity contribution is 5.80. The third-order valence-corrected chi connectivity index (χ3v) is 5.57. The Morgan fingerprint density at radius 1 is 1.26 bits per heavy atom. The van der Waals surface area contributed by atoms with Crippen molar-refractivity contribution >= 4 is 22.8 Å². The summed E-state index contributed by atoms with van der Waals surface area (Å²) in [5.41, 5.74) is 2.20. The molecule has 0 saturated carbocycles. The molecule has 1 unspecified atom stereocenters. The fraction of sp³-hybridized carbons (Fsp3) is 0.435. The number of benzene rings is 1. The van der Waals surface area contributed by atoms with Crippen LogP contribution in [0.15, 0.2) is 47.6 Å². The van der Waals surface area contributed by atoms with Crippen molar-refractivity contribution in [3.05, 3.63) is 54.2 Å². The van der Waals surface area contributed by atoms with Gasteiger partial charge < -0.3 is 20.1 Å². The maximum atomic E-state index is 14.0. The molecule has 0 bridgehead atoms. The van der Waals surface area contributed by atoms with Gasteiger partial charge in [0.15, 0.2) is 17.6 Å². The maximum Gasteiger partial charge on any atom is 0.191 e. The summed E-state index contributed by atoms with van der Waals surface area (Å²) < 4.78 is 16.3. The standard InChI is InChI=1S/C23H30FN7/c1-3-25-23(29-18-11-15-30(16-18)22-19(24)8-6-12-26-22)27-13-7-14-31-17(2)28-20-9-4-5-10-21(20)31/h4-6,8-10,12,18H,3,7,11,13-16H2,1-2H3,(H2,25,27,29). The fourth-order valence-corrected chi connectivity index (χ4v) is 4.09. The van der Waals surface area contributed by atoms with Gasteiger partial charge in [0.2, 0.25) is 0 Å². The Bertz CT molecular complexity index is 1050. The van der Waals surface area contributed by atoms with Gasteiger partial charge in [-0.3, -0.25) is 4.99 Å². The van der Waals surface area contributed by atoms with Gasteiger partial charge in [0.05, 0.1) is 11.0 Å². The highest BCUT2D eigenvalue weighted by atomic mass is 19.1. The summed E-state index contributed by atoms with van der Waals surface area (Å²) in [4.78, 5) is 15.6. The lowest BCUT2D eigenvalue weighted by molar-refractivity contribution is 0.611. The Balaban J connectivity index is 1.32. The molecule has 0 spiro atoms. The predicted octanol–water partition coefficient (Wildman–Crippen LogP) is 3.10. The van der Waals surface area contributed by atoms with Crippen LogP contribution in [0.5, 0.6) is 0 Å². The minimum absolute atomic E-state index is 0.207. The van der Waals surface area contributed by atoms with Crippen LogP contribution in [0.25, 0.3) is 11.0 Å². The summed E-state index contributed by atoms with van der Waals surface area (Å²) in [6.45, 7) is 7.98. The van der Waals surface area contributed by atoms with E-state index < -0.39 is 0 Å². The third kappa shape index (κ3) is 4.95. The molecule has 2 aromatic heterocycles. The van der Waals surface area contributed by atoms with Crippen LogP contribution in [0.2, 0.25) is 0 Å². The molecule has 1 saturated heterocycles. The van der Waals surface area contributed by atoms with Crippen molar-refractivity contribution < 1.29 is 4.39 Å². The summed E-state index contributed by atoms with van der Waals surface area (Å²) in [7, 11) is 0. The van der Waals surface area contributed by atoms with Crippen molar-refractivity contribution in [3.8, 4) is 0 Å². The van der Waals surface area contributed by atoms with Crippen molar-refractivity contribution in [3.63, 3.8) is 0 Å². The zero-order valence-electron chi connectivity index (χ0n) is 18.2. The average Bonchev–Trinajstić information content (AvgIpc) is 3.35. The van der Waals surface area contributed by atoms with Crippen LogP contribution in [0.4, 0.5) is 10.2 Å². The number of pyridine rings is 1. The molecular formula is C23H30FN7. The van der Waals surface area contributed by atoms with E-state index in [0.717, 1.165) is 49.8 Å². The minimum Gasteiger partial charge on any atom is -0.357 e. The number of guanidine groups is 1. The fourth-order valence-electron chi connectivity index (χ4n) is 4.09. The molecule has 1 atom stereocenters. The van der Waals surface area contributed by atoms with Gasteiger partial charge in [-0.05, 0) is 51.0 Å². The lowest BCUT2D eigenvalue weighted by atomic mass is 10.3. The van der Waals surface area contributed by atoms with Crippen molar-refractivity contribution in [1.82, 2.24) is 25.2 Å². The number of fused-ring (bicyclic) bond motifs is 1. The second kappa shape index (κ2) is 9.76. The molecule has 2 N–H and O–H groups in total. The Hall–Kier alpha value is -3.16. The number of anilines is 1. The number of aromatic nitrogens is 3. The molecule has 0 aliphatic carbocycles. The predicted molar refractivity (Wildman–Crippen MR) is 123 cm³/mol. The SMILES string of the molecule is CCNC(=NCCCn1c(C)nc2ccccc21)NC1CCN(c2ncccc2F)C1. The first-order valence-electron chi connectivity index (χ1n) is 11.0. The van der Waals surface area contributed by atoms with Crippen LogP contribution in [0, 0.1) is 12.7 Å². The van der Waals surface area contributed by atoms with Crippen molar-refractivity contribution in [2.45, 2.75) is 39.3 Å². The van der Waals surface area contributed by atoms with Crippen LogP contribution >= 0.6 is 0 Å². The highest BCUT2D eigenvalue weighted by Crippen LogP contribution is 2.20. The normalized spacial score (nSPS) is 16.8. The topological polar surface area (TPSA) is 70.4 Å². The van der Waals surface area contributed by atoms with Gasteiger partial charge in [0.1, 0.15) is 5.82 Å². The van der Waals surface area contributed by atoms with E-state index >= 15 is 0 Å². The lowest BCUT2D eigenvalue weighted by Crippen LogP contribution is -2.44. The molecule has 3 aromatic rings. The second-order valence-corrected chi connectivity index (χ2v) is 7.80. The Morgan fingerprint density at radius 2 is 2.13 bits per heavy atom. The van der Waals surface area contributed by atoms with E-state index in [1.165, 1.54) is 11.6 Å². The largest absolute Gasteiger partial charge is 0.357 e. The number of aryl methyl sites for hydroxylation is 2. The third-order valence-electron chi connectivity index (χ3n) is 5.57. The number of hydrogen-bond acceptors (Lipinski definition) is 4. The molecule has 1 aliphatic rings. The molecule has 8 heteroatoms. The number of para-hydroxylation sites is 2. The van der Waals surface area contributed by atoms with E-state index in [1.54, 1.807) is 12.3 Å². The second-order valence-electron chi connectivity index (χ2n) is 7.80. The van der Waals surface area contributed by atoms with Gasteiger partial charge in [0.25, 0.3) is 0 Å². The number of hydrogen-bond donors (Lipinski definition) is 2. The van der Waals surface area contributed by atoms with E-state index in [1.807, 2.05) is 30.0 Å². The van der Waals surface area contributed by atoms with Crippen LogP contribution in [-0.2, 0) is 6.54 Å². The summed E-state index contributed by atoms with van der Waals surface area (Å²) in [5, 5.41) is 6.82. The van der Waals surface area contributed by atoms with E-state index in [9.17, 15) is 4.39 Å². The maximum absolute atomic E-state index is 14.0. The monoisotopic (exact) mass is 423 g/mol. The molecular weight excluding hydrogens is 393 g/mol. The number of nitrogens with one attached hydrogen (secondary N) is 2. The Labute approximate surface area is 182 Å². The summed E-state index contributed by atoms with van der Waals surface area (Å²) >= 11 is 0. The van der Waals surface area contributed by atoms with Gasteiger partial charge in [0, 0.05) is 45.0 Å². The number of nitrogens with zero attached hydrogens (tertiary/aromatic N) is 5. The van der Waals surface area contributed by atoms with E-state index in [4.69, 9.17) is 4.99 Å². The van der Waals surface area contributed by atoms with Gasteiger partial charge in [-0.25, -0.2) is 14.4 Å². The highest BCUT2D eigenvalue weighted by Gasteiger charge is 2.25. The molecule has 31 heavy (non-hydrogen) atoms. The Kier molecular flexibility index (Phi) is 6.64. The number of imidazole rings is 1. The minimum atomic E-state index is -0.272. The van der Waals surface area contributed by atoms with Crippen LogP contribution in [-0.4, -0.2) is 52.7 Å². The quantitative estimate of drug-likeness (QED) is 0.347. The zero-order chi connectivity index (χ0) is 21.6. The first-order chi connectivity index (χ1) is 15.2. The number of halogens is 1. The summed E-state index contributed by atoms with van der Waals surface area (Å²) in [6.07, 6.45) is 3.48. The van der Waals surface area contributed by atoms with E-state index in [0.29, 0.717) is 18.9 Å². The number of aliphatic imine (C=N–C) groups is 1. The Morgan fingerprint density at radius 3 is 2.97 bits per heavy atom. The van der Waals surface area contributed by atoms with Crippen LogP contribution < -0.4 is 15.5 Å². The van der Waals surface area contributed by atoms with Crippen molar-refractivity contribution in [1.29, 1.82) is 0 Å². The summed E-state index contributed by atoms with van der Waals surface area (Å²) in [5.74, 6) is 1.99. The first-order valence-corrected chi connectivity index (χ1v) is 11.0. The molecule has 1 aromatic carbocycles. The molecule has 1 aliphatic heterocycles. The zero-order valence-corrected chi connectivity index (χ0v) is 18.2. The molecule has 0 amide bonds. The molecule has 0 radical (unpaired) electrons. The van der Waals surface area contributed by atoms with E-state index in [-0.39, 0.29) is 11.9 Å². The molecule has 1 fully saturated rings. The van der Waals surface area contributed by atoms with Crippen LogP contribution in [0.3, 0.4) is 0 Å². The lowest BCUT2D eigenvalue weighted by Gasteiger charge is -2.20. The average molecular weight is 424 g/mol. The van der Waals surface area contributed by atoms with Gasteiger partial charge >= 0.3 is 0 Å². The van der Waals surface area contributed by atoms with Gasteiger partial charge in [-0.2, -0.15) is 0 Å². The van der Waals surface area contributed by atoms with Gasteiger partial charge in [-0.1, -0.05) is 12.1 Å². The molecule has 4 rings (SSSR count). The first kappa shape index (κ1) is 21.1. The van der Waals surface area contributed by atoms with Gasteiger partial charge in [-0.15, -0.1) is 0 Å². The van der Waals surface area contributed by atoms with Crippen molar-refractivity contribution in [2.24, 2.45) is 4.99 Å². The number of rotatable bonds is 7. The van der Waals surface area contributed by atoms with Crippen molar-refractivity contribution in [2.75, 3.05) is 31.1 Å².